The van der Waals surface area contributed by atoms with Crippen molar-refractivity contribution in [3.05, 3.63) is 94.0 Å². The Morgan fingerprint density at radius 1 is 1.00 bits per heavy atom. The zero-order valence-corrected chi connectivity index (χ0v) is 21.9. The Bertz CT molecular complexity index is 1220. The lowest BCUT2D eigenvalue weighted by Crippen LogP contribution is -2.41. The molecule has 190 valence electrons. The number of amides is 1. The molecular formula is C29H33ClN2O4. The molecule has 0 aliphatic carbocycles. The molecule has 3 rings (SSSR count). The molecule has 0 heterocycles. The quantitative estimate of drug-likeness (QED) is 0.289. The van der Waals surface area contributed by atoms with Crippen LogP contribution < -0.4 is 10.6 Å². The van der Waals surface area contributed by atoms with E-state index in [1.807, 2.05) is 55.5 Å². The summed E-state index contributed by atoms with van der Waals surface area (Å²) in [7, 11) is 0. The first-order valence-corrected chi connectivity index (χ1v) is 12.3. The van der Waals surface area contributed by atoms with Gasteiger partial charge in [0.05, 0.1) is 17.7 Å². The van der Waals surface area contributed by atoms with Crippen molar-refractivity contribution in [3.8, 4) is 0 Å². The maximum absolute atomic E-state index is 13.0. The van der Waals surface area contributed by atoms with E-state index in [0.717, 1.165) is 22.5 Å². The Hall–Kier alpha value is -3.35. The second-order valence-electron chi connectivity index (χ2n) is 9.69. The number of carbonyl (C=O) groups is 2. The molecule has 36 heavy (non-hydrogen) atoms. The highest BCUT2D eigenvalue weighted by atomic mass is 35.5. The number of rotatable bonds is 9. The second kappa shape index (κ2) is 12.1. The number of benzene rings is 3. The van der Waals surface area contributed by atoms with Crippen LogP contribution in [0.5, 0.6) is 0 Å². The molecule has 1 atom stereocenters. The van der Waals surface area contributed by atoms with Gasteiger partial charge < -0.3 is 20.5 Å². The summed E-state index contributed by atoms with van der Waals surface area (Å²) in [6.45, 7) is 7.08. The van der Waals surface area contributed by atoms with Crippen LogP contribution in [0.1, 0.15) is 54.2 Å². The van der Waals surface area contributed by atoms with E-state index in [0.29, 0.717) is 29.0 Å². The van der Waals surface area contributed by atoms with Crippen LogP contribution >= 0.6 is 11.6 Å². The number of carbonyl (C=O) groups excluding carboxylic acids is 2. The number of halogens is 1. The van der Waals surface area contributed by atoms with Crippen molar-refractivity contribution in [2.45, 2.75) is 52.2 Å². The van der Waals surface area contributed by atoms with Crippen molar-refractivity contribution in [2.75, 3.05) is 11.9 Å². The molecule has 3 N–H and O–H groups in total. The monoisotopic (exact) mass is 508 g/mol. The van der Waals surface area contributed by atoms with Crippen LogP contribution in [-0.2, 0) is 11.2 Å². The van der Waals surface area contributed by atoms with Crippen LogP contribution in [-0.4, -0.2) is 35.2 Å². The lowest BCUT2D eigenvalue weighted by molar-refractivity contribution is 0.0479. The lowest BCUT2D eigenvalue weighted by atomic mass is 9.99. The van der Waals surface area contributed by atoms with Gasteiger partial charge in [-0.1, -0.05) is 54.1 Å². The summed E-state index contributed by atoms with van der Waals surface area (Å²) in [5.74, 6) is -0.113. The molecule has 0 aliphatic rings. The van der Waals surface area contributed by atoms with Gasteiger partial charge in [0.1, 0.15) is 5.60 Å². The molecule has 3 aromatic carbocycles. The summed E-state index contributed by atoms with van der Waals surface area (Å²) in [6.07, 6.45) is 0.587. The number of ketones is 1. The Kier molecular flexibility index (Phi) is 9.13. The van der Waals surface area contributed by atoms with Crippen LogP contribution in [0.2, 0.25) is 5.02 Å². The molecule has 0 aromatic heterocycles. The molecular weight excluding hydrogens is 476 g/mol. The minimum absolute atomic E-state index is 0.113. The number of alkyl carbamates (subject to hydrolysis) is 1. The zero-order chi connectivity index (χ0) is 26.3. The van der Waals surface area contributed by atoms with Crippen molar-refractivity contribution in [1.82, 2.24) is 5.32 Å². The largest absolute Gasteiger partial charge is 0.444 e. The molecule has 0 spiro atoms. The Morgan fingerprint density at radius 3 is 2.36 bits per heavy atom. The van der Waals surface area contributed by atoms with E-state index < -0.39 is 17.7 Å². The number of aliphatic hydroxyl groups excluding tert-OH is 1. The van der Waals surface area contributed by atoms with Gasteiger partial charge in [0.15, 0.2) is 5.78 Å². The van der Waals surface area contributed by atoms with Gasteiger partial charge in [-0.3, -0.25) is 4.79 Å². The van der Waals surface area contributed by atoms with Crippen LogP contribution in [0.3, 0.4) is 0 Å². The fourth-order valence-corrected chi connectivity index (χ4v) is 4.04. The molecule has 0 unspecified atom stereocenters. The molecule has 0 radical (unpaired) electrons. The van der Waals surface area contributed by atoms with E-state index in [1.165, 1.54) is 0 Å². The average molecular weight is 509 g/mol. The van der Waals surface area contributed by atoms with Gasteiger partial charge in [-0.25, -0.2) is 4.79 Å². The highest BCUT2D eigenvalue weighted by molar-refractivity contribution is 6.35. The smallest absolute Gasteiger partial charge is 0.407 e. The summed E-state index contributed by atoms with van der Waals surface area (Å²) in [6, 6.07) is 20.1. The number of aryl methyl sites for hydroxylation is 2. The predicted octanol–water partition coefficient (Wildman–Crippen LogP) is 6.44. The Morgan fingerprint density at radius 2 is 1.69 bits per heavy atom. The van der Waals surface area contributed by atoms with Gasteiger partial charge in [0.2, 0.25) is 0 Å². The summed E-state index contributed by atoms with van der Waals surface area (Å²) in [4.78, 5) is 25.0. The third-order valence-electron chi connectivity index (χ3n) is 5.60. The Balaban J connectivity index is 1.69. The van der Waals surface area contributed by atoms with E-state index >= 15 is 0 Å². The molecule has 0 saturated carbocycles. The first-order chi connectivity index (χ1) is 17.1. The number of aliphatic hydroxyl groups is 1. The van der Waals surface area contributed by atoms with E-state index in [4.69, 9.17) is 16.3 Å². The van der Waals surface area contributed by atoms with Crippen molar-refractivity contribution in [2.24, 2.45) is 0 Å². The minimum atomic E-state index is -0.609. The molecule has 6 nitrogen and oxygen atoms in total. The second-order valence-corrected chi connectivity index (χ2v) is 10.1. The van der Waals surface area contributed by atoms with Crippen molar-refractivity contribution >= 4 is 34.9 Å². The summed E-state index contributed by atoms with van der Waals surface area (Å²) in [5, 5.41) is 16.2. The van der Waals surface area contributed by atoms with E-state index in [1.54, 1.807) is 39.0 Å². The fourth-order valence-electron chi connectivity index (χ4n) is 3.78. The molecule has 0 bridgehead atoms. The predicted molar refractivity (Wildman–Crippen MR) is 144 cm³/mol. The van der Waals surface area contributed by atoms with Crippen LogP contribution in [0, 0.1) is 6.92 Å². The third-order valence-corrected chi connectivity index (χ3v) is 5.92. The minimum Gasteiger partial charge on any atom is -0.444 e. The molecule has 7 heteroatoms. The van der Waals surface area contributed by atoms with Gasteiger partial charge in [-0.15, -0.1) is 0 Å². The zero-order valence-electron chi connectivity index (χ0n) is 21.1. The molecule has 1 amide bonds. The summed E-state index contributed by atoms with van der Waals surface area (Å²) in [5.41, 5.74) is 4.00. The number of nitrogens with one attached hydrogen (secondary N) is 2. The fraction of sp³-hybridized carbons (Fsp3) is 0.310. The normalized spacial score (nSPS) is 12.1. The van der Waals surface area contributed by atoms with Crippen molar-refractivity contribution < 1.29 is 19.4 Å². The van der Waals surface area contributed by atoms with Gasteiger partial charge in [-0.05, 0) is 75.9 Å². The standard InChI is InChI=1S/C29H33ClN2O4/c1-19-9-5-7-11-23(19)27(34)24-16-15-21(17-25(24)30)31-26-12-8-6-10-20(26)13-14-22(18-33)32-28(35)36-29(2,3)4/h5-12,15-17,22,31,33H,13-14,18H2,1-4H3,(H,32,35)/t22-/m1/s1. The van der Waals surface area contributed by atoms with Crippen LogP contribution in [0.15, 0.2) is 66.7 Å². The van der Waals surface area contributed by atoms with Crippen LogP contribution in [0.25, 0.3) is 0 Å². The van der Waals surface area contributed by atoms with E-state index in [9.17, 15) is 14.7 Å². The first kappa shape index (κ1) is 27.2. The molecule has 0 saturated heterocycles. The first-order valence-electron chi connectivity index (χ1n) is 11.9. The van der Waals surface area contributed by atoms with Gasteiger partial charge in [-0.2, -0.15) is 0 Å². The molecule has 0 fully saturated rings. The number of para-hydroxylation sites is 1. The Labute approximate surface area is 217 Å². The van der Waals surface area contributed by atoms with Crippen LogP contribution in [0.4, 0.5) is 16.2 Å². The summed E-state index contributed by atoms with van der Waals surface area (Å²) >= 11 is 6.51. The lowest BCUT2D eigenvalue weighted by Gasteiger charge is -2.23. The maximum atomic E-state index is 13.0. The maximum Gasteiger partial charge on any atom is 0.407 e. The molecule has 0 aliphatic heterocycles. The number of anilines is 2. The third kappa shape index (κ3) is 7.57. The SMILES string of the molecule is Cc1ccccc1C(=O)c1ccc(Nc2ccccc2CC[C@H](CO)NC(=O)OC(C)(C)C)cc1Cl. The number of hydrogen-bond donors (Lipinski definition) is 3. The van der Waals surface area contributed by atoms with E-state index in [2.05, 4.69) is 10.6 Å². The highest BCUT2D eigenvalue weighted by Gasteiger charge is 2.20. The molecule has 3 aromatic rings. The van der Waals surface area contributed by atoms with Gasteiger partial charge in [0.25, 0.3) is 0 Å². The topological polar surface area (TPSA) is 87.7 Å². The van der Waals surface area contributed by atoms with Gasteiger partial charge >= 0.3 is 6.09 Å². The number of ether oxygens (including phenoxy) is 1. The highest BCUT2D eigenvalue weighted by Crippen LogP contribution is 2.28. The van der Waals surface area contributed by atoms with Crippen molar-refractivity contribution in [1.29, 1.82) is 0 Å². The van der Waals surface area contributed by atoms with Crippen molar-refractivity contribution in [3.63, 3.8) is 0 Å². The van der Waals surface area contributed by atoms with Gasteiger partial charge in [0, 0.05) is 22.5 Å². The summed E-state index contributed by atoms with van der Waals surface area (Å²) < 4.78 is 5.29. The average Bonchev–Trinajstić information content (AvgIpc) is 2.81. The van der Waals surface area contributed by atoms with E-state index in [-0.39, 0.29) is 12.4 Å². The number of hydrogen-bond acceptors (Lipinski definition) is 5.